The third kappa shape index (κ3) is 1.68. The second kappa shape index (κ2) is 4.16. The summed E-state index contributed by atoms with van der Waals surface area (Å²) in [5, 5.41) is 0. The van der Waals surface area contributed by atoms with Crippen molar-refractivity contribution in [1.29, 1.82) is 0 Å². The van der Waals surface area contributed by atoms with Crippen LogP contribution in [0.1, 0.15) is 24.8 Å². The van der Waals surface area contributed by atoms with Crippen molar-refractivity contribution in [1.82, 2.24) is 4.98 Å². The first-order valence-electron chi connectivity index (χ1n) is 6.08. The maximum absolute atomic E-state index is 12.2. The number of carbonyl (C=O) groups excluding carboxylic acids is 2. The fourth-order valence-electron chi connectivity index (χ4n) is 2.78. The monoisotopic (exact) mass is 308 g/mol. The number of halogens is 1. The van der Waals surface area contributed by atoms with Crippen molar-refractivity contribution >= 4 is 33.6 Å². The predicted molar refractivity (Wildman–Crippen MR) is 70.0 cm³/mol. The number of pyridine rings is 1. The minimum Gasteiger partial charge on any atom is -0.274 e. The van der Waals surface area contributed by atoms with E-state index in [1.807, 2.05) is 6.92 Å². The molecule has 1 saturated heterocycles. The quantitative estimate of drug-likeness (QED) is 0.749. The van der Waals surface area contributed by atoms with Crippen LogP contribution >= 0.6 is 15.9 Å². The van der Waals surface area contributed by atoms with E-state index in [9.17, 15) is 9.59 Å². The summed E-state index contributed by atoms with van der Waals surface area (Å²) in [6, 6.07) is 1.78. The number of hydrogen-bond acceptors (Lipinski definition) is 3. The van der Waals surface area contributed by atoms with Crippen molar-refractivity contribution < 1.29 is 9.59 Å². The lowest BCUT2D eigenvalue weighted by Crippen LogP contribution is -2.46. The molecular formula is C13H13BrN2O2. The average molecular weight is 309 g/mol. The van der Waals surface area contributed by atoms with Gasteiger partial charge < -0.3 is 0 Å². The summed E-state index contributed by atoms with van der Waals surface area (Å²) >= 11 is 3.37. The number of anilines is 1. The standard InChI is InChI=1S/C13H13BrN2O2/c1-7-4-11(15-6-10(7)14)16-12(17)8-2-3-9(5-8)13(16)18/h4,6,8-9H,2-3,5H2,1H3. The first-order valence-corrected chi connectivity index (χ1v) is 6.87. The molecule has 4 nitrogen and oxygen atoms in total. The van der Waals surface area contributed by atoms with E-state index in [0.29, 0.717) is 5.82 Å². The van der Waals surface area contributed by atoms with E-state index in [4.69, 9.17) is 0 Å². The van der Waals surface area contributed by atoms with Crippen molar-refractivity contribution in [3.63, 3.8) is 0 Å². The number of fused-ring (bicyclic) bond motifs is 2. The first-order chi connectivity index (χ1) is 8.58. The summed E-state index contributed by atoms with van der Waals surface area (Å²) in [4.78, 5) is 30.0. The zero-order valence-electron chi connectivity index (χ0n) is 10.0. The van der Waals surface area contributed by atoms with Crippen molar-refractivity contribution in [3.05, 3.63) is 22.3 Å². The Kier molecular flexibility index (Phi) is 2.73. The number of nitrogens with zero attached hydrogens (tertiary/aromatic N) is 2. The number of imide groups is 1. The van der Waals surface area contributed by atoms with Crippen molar-refractivity contribution in [2.45, 2.75) is 26.2 Å². The third-order valence-corrected chi connectivity index (χ3v) is 4.66. The number of rotatable bonds is 1. The summed E-state index contributed by atoms with van der Waals surface area (Å²) in [6.07, 6.45) is 4.04. The van der Waals surface area contributed by atoms with Gasteiger partial charge in [0.05, 0.1) is 0 Å². The van der Waals surface area contributed by atoms with Gasteiger partial charge in [0.2, 0.25) is 11.8 Å². The summed E-state index contributed by atoms with van der Waals surface area (Å²) in [7, 11) is 0. The molecule has 2 heterocycles. The van der Waals surface area contributed by atoms with Gasteiger partial charge in [-0.05, 0) is 53.7 Å². The van der Waals surface area contributed by atoms with E-state index >= 15 is 0 Å². The maximum Gasteiger partial charge on any atom is 0.238 e. The Morgan fingerprint density at radius 3 is 2.44 bits per heavy atom. The molecular weight excluding hydrogens is 296 g/mol. The van der Waals surface area contributed by atoms with Crippen molar-refractivity contribution in [3.8, 4) is 0 Å². The molecule has 3 rings (SSSR count). The van der Waals surface area contributed by atoms with E-state index in [0.717, 1.165) is 29.3 Å². The Morgan fingerprint density at radius 1 is 1.28 bits per heavy atom. The predicted octanol–water partition coefficient (Wildman–Crippen LogP) is 2.44. The summed E-state index contributed by atoms with van der Waals surface area (Å²) in [6.45, 7) is 1.92. The van der Waals surface area contributed by atoms with Crippen LogP contribution in [0, 0.1) is 18.8 Å². The molecule has 2 bridgehead atoms. The molecule has 2 amide bonds. The molecule has 1 aromatic rings. The van der Waals surface area contributed by atoms with E-state index in [1.54, 1.807) is 12.3 Å². The molecule has 5 heteroatoms. The smallest absolute Gasteiger partial charge is 0.238 e. The van der Waals surface area contributed by atoms with Crippen LogP contribution in [0.3, 0.4) is 0 Å². The topological polar surface area (TPSA) is 50.3 Å². The van der Waals surface area contributed by atoms with E-state index < -0.39 is 0 Å². The lowest BCUT2D eigenvalue weighted by atomic mass is 9.97. The molecule has 2 fully saturated rings. The highest BCUT2D eigenvalue weighted by atomic mass is 79.9. The number of aromatic nitrogens is 1. The van der Waals surface area contributed by atoms with Gasteiger partial charge in [-0.15, -0.1) is 0 Å². The largest absolute Gasteiger partial charge is 0.274 e. The van der Waals surface area contributed by atoms with Crippen molar-refractivity contribution in [2.75, 3.05) is 4.90 Å². The van der Waals surface area contributed by atoms with Gasteiger partial charge in [-0.1, -0.05) is 0 Å². The van der Waals surface area contributed by atoms with Crippen LogP contribution in [0.5, 0.6) is 0 Å². The number of amides is 2. The normalized spacial score (nSPS) is 26.9. The number of piperidine rings is 1. The van der Waals surface area contributed by atoms with Crippen LogP contribution in [0.4, 0.5) is 5.82 Å². The molecule has 1 aliphatic heterocycles. The lowest BCUT2D eigenvalue weighted by Gasteiger charge is -2.28. The van der Waals surface area contributed by atoms with Crippen LogP contribution in [-0.2, 0) is 9.59 Å². The highest BCUT2D eigenvalue weighted by Crippen LogP contribution is 2.39. The molecule has 2 atom stereocenters. The Balaban J connectivity index is 2.02. The molecule has 1 aliphatic carbocycles. The molecule has 0 N–H and O–H groups in total. The fourth-order valence-corrected chi connectivity index (χ4v) is 2.99. The van der Waals surface area contributed by atoms with Crippen LogP contribution in [0.15, 0.2) is 16.7 Å². The second-order valence-corrected chi connectivity index (χ2v) is 5.86. The Labute approximate surface area is 114 Å². The van der Waals surface area contributed by atoms with E-state index in [2.05, 4.69) is 20.9 Å². The van der Waals surface area contributed by atoms with Crippen LogP contribution < -0.4 is 4.90 Å². The van der Waals surface area contributed by atoms with E-state index in [1.165, 1.54) is 4.90 Å². The molecule has 1 saturated carbocycles. The molecule has 2 aliphatic rings. The van der Waals surface area contributed by atoms with Gasteiger partial charge in [-0.3, -0.25) is 9.59 Å². The first kappa shape index (κ1) is 11.8. The zero-order valence-corrected chi connectivity index (χ0v) is 11.6. The summed E-state index contributed by atoms with van der Waals surface area (Å²) in [5.74, 6) is 0.324. The SMILES string of the molecule is Cc1cc(N2C(=O)C3CCC(C3)C2=O)ncc1Br. The minimum atomic E-state index is -0.0806. The Hall–Kier alpha value is -1.23. The molecule has 94 valence electrons. The molecule has 18 heavy (non-hydrogen) atoms. The summed E-state index contributed by atoms with van der Waals surface area (Å²) < 4.78 is 0.881. The molecule has 0 spiro atoms. The highest BCUT2D eigenvalue weighted by molar-refractivity contribution is 9.10. The van der Waals surface area contributed by atoms with Gasteiger partial charge in [0, 0.05) is 22.5 Å². The third-order valence-electron chi connectivity index (χ3n) is 3.83. The zero-order chi connectivity index (χ0) is 12.9. The summed E-state index contributed by atoms with van der Waals surface area (Å²) in [5.41, 5.74) is 0.971. The Morgan fingerprint density at radius 2 is 1.89 bits per heavy atom. The van der Waals surface area contributed by atoms with Gasteiger partial charge in [0.1, 0.15) is 5.82 Å². The van der Waals surface area contributed by atoms with Gasteiger partial charge in [-0.2, -0.15) is 0 Å². The van der Waals surface area contributed by atoms with Gasteiger partial charge in [-0.25, -0.2) is 9.88 Å². The number of carbonyl (C=O) groups is 2. The van der Waals surface area contributed by atoms with Gasteiger partial charge in [0.25, 0.3) is 0 Å². The highest BCUT2D eigenvalue weighted by Gasteiger charge is 2.46. The molecule has 2 unspecified atom stereocenters. The van der Waals surface area contributed by atoms with Gasteiger partial charge in [0.15, 0.2) is 0 Å². The maximum atomic E-state index is 12.2. The van der Waals surface area contributed by atoms with Crippen LogP contribution in [0.2, 0.25) is 0 Å². The average Bonchev–Trinajstić information content (AvgIpc) is 2.78. The number of aryl methyl sites for hydroxylation is 1. The molecule has 1 aromatic heterocycles. The Bertz CT molecular complexity index is 522. The van der Waals surface area contributed by atoms with Gasteiger partial charge >= 0.3 is 0 Å². The molecule has 0 aromatic carbocycles. The van der Waals surface area contributed by atoms with Crippen LogP contribution in [-0.4, -0.2) is 16.8 Å². The van der Waals surface area contributed by atoms with E-state index in [-0.39, 0.29) is 23.7 Å². The van der Waals surface area contributed by atoms with Crippen LogP contribution in [0.25, 0.3) is 0 Å². The minimum absolute atomic E-state index is 0.0125. The van der Waals surface area contributed by atoms with Crippen molar-refractivity contribution in [2.24, 2.45) is 11.8 Å². The lowest BCUT2D eigenvalue weighted by molar-refractivity contribution is -0.133. The number of hydrogen-bond donors (Lipinski definition) is 0. The fraction of sp³-hybridized carbons (Fsp3) is 0.462. The molecule has 0 radical (unpaired) electrons. The second-order valence-electron chi connectivity index (χ2n) is 5.01.